The van der Waals surface area contributed by atoms with Gasteiger partial charge in [-0.15, -0.1) is 10.2 Å². The van der Waals surface area contributed by atoms with Crippen LogP contribution in [0.2, 0.25) is 0 Å². The number of aliphatic hydroxyl groups is 2. The number of fused-ring (bicyclic) bond motifs is 1. The van der Waals surface area contributed by atoms with Crippen molar-refractivity contribution in [1.29, 1.82) is 0 Å². The number of anilines is 2. The molecule has 1 unspecified atom stereocenters. The SMILES string of the molecule is CCn1nnc([C@H]2O[C@@H](n3cnc4c(NCc5cccc(I)c5)nc(NC5CCNC5)nc43)[C@H](O)[C@@H]2O)n1. The summed E-state index contributed by atoms with van der Waals surface area (Å²) in [5.41, 5.74) is 2.08. The Labute approximate surface area is 231 Å². The third-order valence-corrected chi connectivity index (χ3v) is 7.35. The lowest BCUT2D eigenvalue weighted by Gasteiger charge is -2.18. The molecule has 14 nitrogen and oxygen atoms in total. The zero-order valence-electron chi connectivity index (χ0n) is 20.6. The van der Waals surface area contributed by atoms with Crippen molar-refractivity contribution >= 4 is 45.5 Å². The number of tetrazole rings is 1. The Morgan fingerprint density at radius 1 is 1.24 bits per heavy atom. The first-order valence-corrected chi connectivity index (χ1v) is 13.6. The number of imidazole rings is 1. The van der Waals surface area contributed by atoms with Crippen LogP contribution in [0.4, 0.5) is 11.8 Å². The van der Waals surface area contributed by atoms with Crippen LogP contribution in [0, 0.1) is 3.57 Å². The van der Waals surface area contributed by atoms with Crippen LogP contribution in [-0.4, -0.2) is 81.3 Å². The average Bonchev–Trinajstić information content (AvgIpc) is 3.72. The van der Waals surface area contributed by atoms with Crippen LogP contribution in [0.25, 0.3) is 11.2 Å². The molecule has 5 N–H and O–H groups in total. The zero-order valence-corrected chi connectivity index (χ0v) is 22.7. The molecular formula is C23H28IN11O3. The van der Waals surface area contributed by atoms with Crippen molar-refractivity contribution < 1.29 is 14.9 Å². The summed E-state index contributed by atoms with van der Waals surface area (Å²) in [4.78, 5) is 15.4. The first-order chi connectivity index (χ1) is 18.5. The number of aliphatic hydroxyl groups excluding tert-OH is 2. The zero-order chi connectivity index (χ0) is 26.2. The number of ether oxygens (including phenoxy) is 1. The predicted molar refractivity (Wildman–Crippen MR) is 145 cm³/mol. The molecule has 0 spiro atoms. The second-order valence-corrected chi connectivity index (χ2v) is 10.5. The van der Waals surface area contributed by atoms with E-state index in [2.05, 4.69) is 65.0 Å². The van der Waals surface area contributed by atoms with E-state index in [0.717, 1.165) is 28.6 Å². The Morgan fingerprint density at radius 3 is 2.89 bits per heavy atom. The normalized spacial score (nSPS) is 25.3. The smallest absolute Gasteiger partial charge is 0.227 e. The van der Waals surface area contributed by atoms with Gasteiger partial charge >= 0.3 is 0 Å². The molecule has 3 aromatic heterocycles. The molecule has 4 aromatic rings. The minimum absolute atomic E-state index is 0.194. The lowest BCUT2D eigenvalue weighted by Crippen LogP contribution is -2.29. The molecule has 5 atom stereocenters. The van der Waals surface area contributed by atoms with E-state index in [1.807, 2.05) is 25.1 Å². The second-order valence-electron chi connectivity index (χ2n) is 9.30. The van der Waals surface area contributed by atoms with Gasteiger partial charge in [-0.3, -0.25) is 4.57 Å². The third-order valence-electron chi connectivity index (χ3n) is 6.68. The third kappa shape index (κ3) is 4.91. The van der Waals surface area contributed by atoms with Crippen LogP contribution in [0.3, 0.4) is 0 Å². The molecule has 15 heteroatoms. The Balaban J connectivity index is 1.33. The molecule has 1 aromatic carbocycles. The van der Waals surface area contributed by atoms with E-state index < -0.39 is 24.5 Å². The summed E-state index contributed by atoms with van der Waals surface area (Å²) in [7, 11) is 0. The number of rotatable bonds is 8. The van der Waals surface area contributed by atoms with Gasteiger partial charge in [-0.05, 0) is 65.4 Å². The molecule has 0 saturated carbocycles. The maximum atomic E-state index is 10.9. The van der Waals surface area contributed by atoms with E-state index in [4.69, 9.17) is 14.7 Å². The van der Waals surface area contributed by atoms with Gasteiger partial charge in [0, 0.05) is 22.7 Å². The Morgan fingerprint density at radius 2 is 2.13 bits per heavy atom. The first kappa shape index (κ1) is 25.3. The molecule has 2 aliphatic heterocycles. The second kappa shape index (κ2) is 10.6. The fourth-order valence-electron chi connectivity index (χ4n) is 4.69. The Hall–Kier alpha value is -2.99. The summed E-state index contributed by atoms with van der Waals surface area (Å²) < 4.78 is 8.83. The maximum absolute atomic E-state index is 10.9. The summed E-state index contributed by atoms with van der Waals surface area (Å²) >= 11 is 2.29. The fourth-order valence-corrected chi connectivity index (χ4v) is 5.30. The summed E-state index contributed by atoms with van der Waals surface area (Å²) in [5.74, 6) is 1.20. The van der Waals surface area contributed by atoms with Gasteiger partial charge < -0.3 is 30.9 Å². The standard InChI is InChI=1S/C23H28IN11O3/c1-2-35-32-20(31-33-35)18-16(36)17(37)22(38-18)34-11-27-15-19(26-9-12-4-3-5-13(24)8-12)29-23(30-21(15)34)28-14-6-7-25-10-14/h3-5,8,11,14,16-18,22,25,36-37H,2,6-7,9-10H2,1H3,(H2,26,28,29,30)/t14?,16-,17+,18-,22+/m0/s1. The molecule has 0 radical (unpaired) electrons. The van der Waals surface area contributed by atoms with E-state index >= 15 is 0 Å². The topological polar surface area (TPSA) is 173 Å². The van der Waals surface area contributed by atoms with Crippen molar-refractivity contribution in [3.8, 4) is 0 Å². The van der Waals surface area contributed by atoms with Crippen molar-refractivity contribution in [3.05, 3.63) is 45.6 Å². The van der Waals surface area contributed by atoms with E-state index in [0.29, 0.717) is 36.0 Å². The maximum Gasteiger partial charge on any atom is 0.227 e. The number of nitrogens with zero attached hydrogens (tertiary/aromatic N) is 8. The predicted octanol–water partition coefficient (Wildman–Crippen LogP) is 0.815. The highest BCUT2D eigenvalue weighted by atomic mass is 127. The molecule has 2 saturated heterocycles. The van der Waals surface area contributed by atoms with Gasteiger partial charge in [-0.25, -0.2) is 4.98 Å². The molecule has 38 heavy (non-hydrogen) atoms. The molecule has 5 heterocycles. The van der Waals surface area contributed by atoms with Crippen LogP contribution in [0.5, 0.6) is 0 Å². The number of hydrogen-bond acceptors (Lipinski definition) is 12. The van der Waals surface area contributed by atoms with E-state index in [9.17, 15) is 10.2 Å². The molecule has 0 amide bonds. The van der Waals surface area contributed by atoms with E-state index in [-0.39, 0.29) is 11.9 Å². The number of aromatic nitrogens is 8. The highest BCUT2D eigenvalue weighted by Gasteiger charge is 2.47. The summed E-state index contributed by atoms with van der Waals surface area (Å²) in [6, 6.07) is 8.39. The van der Waals surface area contributed by atoms with Gasteiger partial charge in [-0.1, -0.05) is 12.1 Å². The summed E-state index contributed by atoms with van der Waals surface area (Å²) in [6.45, 7) is 4.69. The van der Waals surface area contributed by atoms with Gasteiger partial charge in [0.25, 0.3) is 0 Å². The first-order valence-electron chi connectivity index (χ1n) is 12.5. The average molecular weight is 633 g/mol. The highest BCUT2D eigenvalue weighted by molar-refractivity contribution is 14.1. The number of benzene rings is 1. The Kier molecular flexibility index (Phi) is 7.08. The summed E-state index contributed by atoms with van der Waals surface area (Å²) in [5, 5.41) is 44.0. The number of halogens is 1. The molecule has 2 aliphatic rings. The minimum atomic E-state index is -1.26. The molecule has 0 bridgehead atoms. The van der Waals surface area contributed by atoms with Crippen LogP contribution in [-0.2, 0) is 17.8 Å². The van der Waals surface area contributed by atoms with Crippen LogP contribution in [0.15, 0.2) is 30.6 Å². The van der Waals surface area contributed by atoms with Crippen LogP contribution in [0.1, 0.15) is 37.1 Å². The minimum Gasteiger partial charge on any atom is -0.387 e. The lowest BCUT2D eigenvalue weighted by atomic mass is 10.1. The monoisotopic (exact) mass is 633 g/mol. The number of nitrogens with one attached hydrogen (secondary N) is 3. The van der Waals surface area contributed by atoms with Crippen molar-refractivity contribution in [2.24, 2.45) is 0 Å². The van der Waals surface area contributed by atoms with Crippen molar-refractivity contribution in [3.63, 3.8) is 0 Å². The highest BCUT2D eigenvalue weighted by Crippen LogP contribution is 2.39. The molecule has 200 valence electrons. The van der Waals surface area contributed by atoms with Gasteiger partial charge in [0.05, 0.1) is 12.9 Å². The van der Waals surface area contributed by atoms with Crippen LogP contribution < -0.4 is 16.0 Å². The van der Waals surface area contributed by atoms with Crippen LogP contribution >= 0.6 is 22.6 Å². The van der Waals surface area contributed by atoms with Gasteiger partial charge in [0.1, 0.15) is 12.2 Å². The van der Waals surface area contributed by atoms with Crippen molar-refractivity contribution in [2.75, 3.05) is 23.7 Å². The summed E-state index contributed by atoms with van der Waals surface area (Å²) in [6.07, 6.45) is -1.94. The van der Waals surface area contributed by atoms with Gasteiger partial charge in [0.2, 0.25) is 11.8 Å². The lowest BCUT2D eigenvalue weighted by molar-refractivity contribution is -0.0384. The van der Waals surface area contributed by atoms with E-state index in [1.54, 1.807) is 4.57 Å². The number of hydrogen-bond donors (Lipinski definition) is 5. The molecule has 6 rings (SSSR count). The van der Waals surface area contributed by atoms with Gasteiger partial charge in [-0.2, -0.15) is 14.8 Å². The van der Waals surface area contributed by atoms with Crippen molar-refractivity contribution in [2.45, 2.75) is 57.0 Å². The molecule has 2 fully saturated rings. The number of aryl methyl sites for hydroxylation is 1. The van der Waals surface area contributed by atoms with E-state index in [1.165, 1.54) is 11.1 Å². The molecule has 0 aliphatic carbocycles. The largest absolute Gasteiger partial charge is 0.387 e. The quantitative estimate of drug-likeness (QED) is 0.173. The fraction of sp³-hybridized carbons (Fsp3) is 0.478. The van der Waals surface area contributed by atoms with Crippen molar-refractivity contribution in [1.82, 2.24) is 45.0 Å². The van der Waals surface area contributed by atoms with Gasteiger partial charge in [0.15, 0.2) is 29.3 Å². The molecular weight excluding hydrogens is 605 g/mol. The Bertz CT molecular complexity index is 1420.